The van der Waals surface area contributed by atoms with Crippen LogP contribution in [-0.2, 0) is 6.54 Å². The number of hydrazone groups is 1. The van der Waals surface area contributed by atoms with E-state index in [1.54, 1.807) is 0 Å². The van der Waals surface area contributed by atoms with Crippen LogP contribution in [0.15, 0.2) is 71.9 Å². The highest BCUT2D eigenvalue weighted by Crippen LogP contribution is 2.47. The lowest BCUT2D eigenvalue weighted by atomic mass is 9.72. The minimum Gasteiger partial charge on any atom is -0.339 e. The predicted molar refractivity (Wildman–Crippen MR) is 105 cm³/mol. The predicted octanol–water partition coefficient (Wildman–Crippen LogP) is 4.78. The fraction of sp³-hybridized carbons (Fsp3) is 0.227. The number of aryl methyl sites for hydroxylation is 1. The summed E-state index contributed by atoms with van der Waals surface area (Å²) in [4.78, 5) is 0. The third-order valence-electron chi connectivity index (χ3n) is 5.47. The van der Waals surface area contributed by atoms with Crippen LogP contribution in [0, 0.1) is 0 Å². The van der Waals surface area contributed by atoms with Crippen LogP contribution in [0.3, 0.4) is 0 Å². The lowest BCUT2D eigenvalue weighted by Gasteiger charge is -2.33. The first kappa shape index (κ1) is 15.7. The fourth-order valence-electron chi connectivity index (χ4n) is 4.27. The third-order valence-corrected chi connectivity index (χ3v) is 5.47. The highest BCUT2D eigenvalue weighted by molar-refractivity contribution is 6.13. The maximum atomic E-state index is 5.93. The van der Waals surface area contributed by atoms with Crippen molar-refractivity contribution in [3.8, 4) is 0 Å². The number of hydrogen-bond acceptors (Lipinski definition) is 2. The summed E-state index contributed by atoms with van der Waals surface area (Å²) < 4.78 is 2.34. The molecule has 126 valence electrons. The van der Waals surface area contributed by atoms with E-state index in [2.05, 4.69) is 78.6 Å². The minimum absolute atomic E-state index is 0.0308. The third kappa shape index (κ3) is 2.15. The average Bonchev–Trinajstić information content (AvgIpc) is 2.99. The van der Waals surface area contributed by atoms with E-state index in [1.165, 1.54) is 27.7 Å². The van der Waals surface area contributed by atoms with Crippen LogP contribution in [-0.4, -0.2) is 10.3 Å². The molecule has 1 aliphatic carbocycles. The smallest absolute Gasteiger partial charge is 0.0955 e. The Morgan fingerprint density at radius 3 is 2.44 bits per heavy atom. The van der Waals surface area contributed by atoms with E-state index >= 15 is 0 Å². The topological polar surface area (TPSA) is 43.3 Å². The molecule has 0 saturated heterocycles. The van der Waals surface area contributed by atoms with Gasteiger partial charge in [0.15, 0.2) is 0 Å². The first-order valence-electron chi connectivity index (χ1n) is 8.81. The Bertz CT molecular complexity index is 979. The van der Waals surface area contributed by atoms with Crippen molar-refractivity contribution in [3.63, 3.8) is 0 Å². The van der Waals surface area contributed by atoms with Gasteiger partial charge in [-0.05, 0) is 24.1 Å². The average molecular weight is 329 g/mol. The molecule has 2 atom stereocenters. The Balaban J connectivity index is 2.06. The largest absolute Gasteiger partial charge is 0.339 e. The summed E-state index contributed by atoms with van der Waals surface area (Å²) in [5.74, 6) is 6.22. The fourth-order valence-corrected chi connectivity index (χ4v) is 4.27. The van der Waals surface area contributed by atoms with Crippen molar-refractivity contribution >= 4 is 16.6 Å². The molecule has 0 radical (unpaired) electrons. The van der Waals surface area contributed by atoms with Crippen molar-refractivity contribution < 1.29 is 0 Å². The second-order valence-corrected chi connectivity index (χ2v) is 6.68. The van der Waals surface area contributed by atoms with Crippen LogP contribution in [0.2, 0.25) is 0 Å². The molecule has 0 bridgehead atoms. The van der Waals surface area contributed by atoms with E-state index in [0.717, 1.165) is 17.8 Å². The Morgan fingerprint density at radius 2 is 1.76 bits per heavy atom. The van der Waals surface area contributed by atoms with Gasteiger partial charge in [0.2, 0.25) is 0 Å². The molecule has 1 aromatic heterocycles. The number of nitrogens with two attached hydrogens (primary N) is 1. The zero-order valence-electron chi connectivity index (χ0n) is 14.7. The van der Waals surface area contributed by atoms with Crippen LogP contribution in [0.1, 0.15) is 42.5 Å². The molecular weight excluding hydrogens is 306 g/mol. The maximum absolute atomic E-state index is 5.93. The van der Waals surface area contributed by atoms with Crippen molar-refractivity contribution in [1.82, 2.24) is 4.57 Å². The number of fused-ring (bicyclic) bond motifs is 3. The molecule has 0 amide bonds. The van der Waals surface area contributed by atoms with Gasteiger partial charge in [-0.15, -0.1) is 0 Å². The van der Waals surface area contributed by atoms with Crippen molar-refractivity contribution in [2.24, 2.45) is 10.9 Å². The number of hydrogen-bond donors (Lipinski definition) is 1. The minimum atomic E-state index is 0.0308. The molecule has 0 spiro atoms. The van der Waals surface area contributed by atoms with Crippen LogP contribution in [0.5, 0.6) is 0 Å². The van der Waals surface area contributed by atoms with Gasteiger partial charge in [-0.2, -0.15) is 5.10 Å². The van der Waals surface area contributed by atoms with Crippen LogP contribution >= 0.6 is 0 Å². The van der Waals surface area contributed by atoms with Gasteiger partial charge in [-0.25, -0.2) is 0 Å². The summed E-state index contributed by atoms with van der Waals surface area (Å²) in [6, 6.07) is 19.0. The summed E-state index contributed by atoms with van der Waals surface area (Å²) in [6.07, 6.45) is 0. The molecule has 2 aromatic carbocycles. The van der Waals surface area contributed by atoms with Crippen LogP contribution in [0.25, 0.3) is 10.9 Å². The first-order valence-corrected chi connectivity index (χ1v) is 8.81. The lowest BCUT2D eigenvalue weighted by Crippen LogP contribution is -2.29. The van der Waals surface area contributed by atoms with Gasteiger partial charge in [-0.3, -0.25) is 0 Å². The zero-order valence-corrected chi connectivity index (χ0v) is 14.7. The number of nitrogens with zero attached hydrogens (tertiary/aromatic N) is 2. The van der Waals surface area contributed by atoms with Crippen molar-refractivity contribution in [3.05, 3.63) is 83.6 Å². The van der Waals surface area contributed by atoms with E-state index < -0.39 is 0 Å². The maximum Gasteiger partial charge on any atom is 0.0955 e. The van der Waals surface area contributed by atoms with Crippen molar-refractivity contribution in [1.29, 1.82) is 0 Å². The quantitative estimate of drug-likeness (QED) is 0.410. The van der Waals surface area contributed by atoms with E-state index in [-0.39, 0.29) is 11.8 Å². The molecule has 0 saturated carbocycles. The van der Waals surface area contributed by atoms with E-state index in [9.17, 15) is 0 Å². The molecule has 2 unspecified atom stereocenters. The molecule has 3 heteroatoms. The van der Waals surface area contributed by atoms with Gasteiger partial charge < -0.3 is 10.4 Å². The van der Waals surface area contributed by atoms with Crippen LogP contribution in [0.4, 0.5) is 0 Å². The second kappa shape index (κ2) is 5.92. The molecule has 1 heterocycles. The standard InChI is InChI=1S/C22H23N3/c1-4-25-18-13-9-8-12-17(18)20-15(3)14(2)19(21(24-23)22(20)25)16-10-6-5-7-11-16/h5-13,15,19H,2,4,23H2,1,3H3. The van der Waals surface area contributed by atoms with Crippen LogP contribution < -0.4 is 5.84 Å². The molecule has 0 fully saturated rings. The number of para-hydroxylation sites is 1. The Kier molecular flexibility index (Phi) is 3.72. The van der Waals surface area contributed by atoms with Crippen molar-refractivity contribution in [2.45, 2.75) is 32.2 Å². The van der Waals surface area contributed by atoms with Crippen molar-refractivity contribution in [2.75, 3.05) is 0 Å². The summed E-state index contributed by atoms with van der Waals surface area (Å²) in [6.45, 7) is 9.75. The monoisotopic (exact) mass is 329 g/mol. The van der Waals surface area contributed by atoms with E-state index in [1.807, 2.05) is 6.07 Å². The molecule has 3 nitrogen and oxygen atoms in total. The van der Waals surface area contributed by atoms with Gasteiger partial charge >= 0.3 is 0 Å². The highest BCUT2D eigenvalue weighted by Gasteiger charge is 2.38. The highest BCUT2D eigenvalue weighted by atomic mass is 15.1. The number of benzene rings is 2. The lowest BCUT2D eigenvalue weighted by molar-refractivity contribution is 0.738. The van der Waals surface area contributed by atoms with Gasteiger partial charge in [0, 0.05) is 23.4 Å². The van der Waals surface area contributed by atoms with Gasteiger partial charge in [0.25, 0.3) is 0 Å². The SMILES string of the molecule is C=C1C(C)c2c(n(CC)c3ccccc23)C(=NN)C1c1ccccc1. The summed E-state index contributed by atoms with van der Waals surface area (Å²) in [7, 11) is 0. The Hall–Kier alpha value is -2.81. The molecule has 3 aromatic rings. The number of allylic oxidation sites excluding steroid dienone is 1. The van der Waals surface area contributed by atoms with Gasteiger partial charge in [0.05, 0.1) is 17.3 Å². The summed E-state index contributed by atoms with van der Waals surface area (Å²) in [5, 5.41) is 5.55. The Labute approximate surface area is 148 Å². The zero-order chi connectivity index (χ0) is 17.6. The van der Waals surface area contributed by atoms with Gasteiger partial charge in [0.1, 0.15) is 0 Å². The summed E-state index contributed by atoms with van der Waals surface area (Å²) >= 11 is 0. The molecule has 4 rings (SSSR count). The summed E-state index contributed by atoms with van der Waals surface area (Å²) in [5.41, 5.74) is 6.98. The molecule has 25 heavy (non-hydrogen) atoms. The molecular formula is C22H23N3. The van der Waals surface area contributed by atoms with Gasteiger partial charge in [-0.1, -0.05) is 67.6 Å². The van der Waals surface area contributed by atoms with E-state index in [0.29, 0.717) is 0 Å². The molecule has 2 N–H and O–H groups in total. The normalized spacial score (nSPS) is 21.7. The number of aromatic nitrogens is 1. The Morgan fingerprint density at radius 1 is 1.08 bits per heavy atom. The number of rotatable bonds is 2. The molecule has 1 aliphatic rings. The second-order valence-electron chi connectivity index (χ2n) is 6.68. The van der Waals surface area contributed by atoms with E-state index in [4.69, 9.17) is 5.84 Å². The molecule has 0 aliphatic heterocycles. The first-order chi connectivity index (χ1) is 12.2.